The summed E-state index contributed by atoms with van der Waals surface area (Å²) in [6.07, 6.45) is 8.69. The number of aromatic nitrogens is 2. The SMILES string of the molecule is CCCCCCCCOc1ccc(N(C(=O)C(C)CC(=O)O)c2nc(-c3ccc(C)nc3)cs2)cc1. The van der Waals surface area contributed by atoms with Crippen LogP contribution in [0.25, 0.3) is 11.3 Å². The molecule has 0 bridgehead atoms. The number of carbonyl (C=O) groups is 2. The minimum Gasteiger partial charge on any atom is -0.494 e. The number of anilines is 2. The van der Waals surface area contributed by atoms with Crippen molar-refractivity contribution in [1.82, 2.24) is 9.97 Å². The first-order valence-electron chi connectivity index (χ1n) is 12.6. The van der Waals surface area contributed by atoms with Crippen LogP contribution in [0.3, 0.4) is 0 Å². The molecule has 2 aromatic heterocycles. The van der Waals surface area contributed by atoms with E-state index in [0.717, 1.165) is 29.8 Å². The number of hydrogen-bond donors (Lipinski definition) is 1. The molecule has 3 rings (SSSR count). The molecule has 1 atom stereocenters. The number of nitrogens with zero attached hydrogens (tertiary/aromatic N) is 3. The van der Waals surface area contributed by atoms with Crippen molar-refractivity contribution in [3.8, 4) is 17.0 Å². The molecule has 2 heterocycles. The van der Waals surface area contributed by atoms with E-state index in [1.54, 1.807) is 13.1 Å². The molecule has 8 heteroatoms. The maximum absolute atomic E-state index is 13.4. The molecule has 192 valence electrons. The van der Waals surface area contributed by atoms with Crippen molar-refractivity contribution in [2.75, 3.05) is 11.5 Å². The van der Waals surface area contributed by atoms with E-state index >= 15 is 0 Å². The predicted molar refractivity (Wildman–Crippen MR) is 144 cm³/mol. The van der Waals surface area contributed by atoms with Gasteiger partial charge in [0, 0.05) is 28.8 Å². The van der Waals surface area contributed by atoms with Crippen LogP contribution in [0.4, 0.5) is 10.8 Å². The summed E-state index contributed by atoms with van der Waals surface area (Å²) in [6, 6.07) is 11.2. The third kappa shape index (κ3) is 7.88. The Labute approximate surface area is 217 Å². The Morgan fingerprint density at radius 2 is 1.78 bits per heavy atom. The van der Waals surface area contributed by atoms with Crippen LogP contribution in [0.5, 0.6) is 5.75 Å². The van der Waals surface area contributed by atoms with Gasteiger partial charge in [0.25, 0.3) is 0 Å². The quantitative estimate of drug-likeness (QED) is 0.235. The monoisotopic (exact) mass is 509 g/mol. The largest absolute Gasteiger partial charge is 0.494 e. The fraction of sp³-hybridized carbons (Fsp3) is 0.429. The predicted octanol–water partition coefficient (Wildman–Crippen LogP) is 7.03. The van der Waals surface area contributed by atoms with Crippen LogP contribution in [-0.2, 0) is 9.59 Å². The Morgan fingerprint density at radius 3 is 2.44 bits per heavy atom. The van der Waals surface area contributed by atoms with Crippen molar-refractivity contribution in [3.63, 3.8) is 0 Å². The van der Waals surface area contributed by atoms with E-state index in [-0.39, 0.29) is 12.3 Å². The van der Waals surface area contributed by atoms with Gasteiger partial charge in [-0.05, 0) is 49.7 Å². The van der Waals surface area contributed by atoms with E-state index in [9.17, 15) is 14.7 Å². The summed E-state index contributed by atoms with van der Waals surface area (Å²) >= 11 is 1.33. The first-order chi connectivity index (χ1) is 17.4. The van der Waals surface area contributed by atoms with E-state index in [1.165, 1.54) is 41.9 Å². The summed E-state index contributed by atoms with van der Waals surface area (Å²) in [5, 5.41) is 11.6. The number of pyridine rings is 1. The van der Waals surface area contributed by atoms with E-state index in [2.05, 4.69) is 16.9 Å². The highest BCUT2D eigenvalue weighted by Crippen LogP contribution is 2.34. The number of carbonyl (C=O) groups excluding carboxylic acids is 1. The number of amides is 1. The highest BCUT2D eigenvalue weighted by molar-refractivity contribution is 7.14. The average molecular weight is 510 g/mol. The van der Waals surface area contributed by atoms with Gasteiger partial charge in [0.15, 0.2) is 5.13 Å². The van der Waals surface area contributed by atoms with Gasteiger partial charge < -0.3 is 9.84 Å². The van der Waals surface area contributed by atoms with Gasteiger partial charge in [-0.15, -0.1) is 11.3 Å². The zero-order valence-electron chi connectivity index (χ0n) is 21.3. The second-order valence-corrected chi connectivity index (χ2v) is 9.82. The summed E-state index contributed by atoms with van der Waals surface area (Å²) in [5.74, 6) is -1.30. The molecular weight excluding hydrogens is 474 g/mol. The molecular formula is C28H35N3O4S. The van der Waals surface area contributed by atoms with Gasteiger partial charge in [-0.25, -0.2) is 4.98 Å². The van der Waals surface area contributed by atoms with Crippen LogP contribution in [0.15, 0.2) is 48.0 Å². The van der Waals surface area contributed by atoms with E-state index < -0.39 is 11.9 Å². The topological polar surface area (TPSA) is 92.6 Å². The summed E-state index contributed by atoms with van der Waals surface area (Å²) in [6.45, 7) is 6.41. The lowest BCUT2D eigenvalue weighted by Crippen LogP contribution is -2.32. The van der Waals surface area contributed by atoms with Crippen LogP contribution >= 0.6 is 11.3 Å². The molecule has 0 radical (unpaired) electrons. The van der Waals surface area contributed by atoms with Gasteiger partial charge >= 0.3 is 5.97 Å². The Morgan fingerprint density at radius 1 is 1.06 bits per heavy atom. The number of aryl methyl sites for hydroxylation is 1. The maximum Gasteiger partial charge on any atom is 0.304 e. The molecule has 1 N–H and O–H groups in total. The molecule has 1 unspecified atom stereocenters. The third-order valence-corrected chi connectivity index (χ3v) is 6.70. The number of ether oxygens (including phenoxy) is 1. The van der Waals surface area contributed by atoms with Crippen molar-refractivity contribution >= 4 is 34.0 Å². The number of hydrogen-bond acceptors (Lipinski definition) is 6. The smallest absolute Gasteiger partial charge is 0.304 e. The number of aliphatic carboxylic acids is 1. The summed E-state index contributed by atoms with van der Waals surface area (Å²) in [5.41, 5.74) is 3.09. The Bertz CT molecular complexity index is 1110. The van der Waals surface area contributed by atoms with Crippen molar-refractivity contribution in [1.29, 1.82) is 0 Å². The number of rotatable bonds is 14. The minimum atomic E-state index is -1.01. The normalized spacial score (nSPS) is 11.8. The van der Waals surface area contributed by atoms with Crippen LogP contribution in [0, 0.1) is 12.8 Å². The van der Waals surface area contributed by atoms with Gasteiger partial charge in [-0.1, -0.05) is 46.0 Å². The van der Waals surface area contributed by atoms with Gasteiger partial charge in [-0.3, -0.25) is 19.5 Å². The molecule has 3 aromatic rings. The molecule has 0 saturated carbocycles. The summed E-state index contributed by atoms with van der Waals surface area (Å²) < 4.78 is 5.88. The molecule has 7 nitrogen and oxygen atoms in total. The first kappa shape index (κ1) is 27.3. The zero-order chi connectivity index (χ0) is 25.9. The maximum atomic E-state index is 13.4. The minimum absolute atomic E-state index is 0.255. The molecule has 0 aliphatic rings. The second-order valence-electron chi connectivity index (χ2n) is 8.99. The van der Waals surface area contributed by atoms with E-state index in [4.69, 9.17) is 4.74 Å². The van der Waals surface area contributed by atoms with Gasteiger partial charge in [0.1, 0.15) is 5.75 Å². The molecule has 0 spiro atoms. The first-order valence-corrected chi connectivity index (χ1v) is 13.4. The van der Waals surface area contributed by atoms with Crippen LogP contribution < -0.4 is 9.64 Å². The van der Waals surface area contributed by atoms with Crippen molar-refractivity contribution in [3.05, 3.63) is 53.7 Å². The van der Waals surface area contributed by atoms with Crippen LogP contribution in [-0.4, -0.2) is 33.6 Å². The fourth-order valence-corrected chi connectivity index (χ4v) is 4.64. The van der Waals surface area contributed by atoms with Gasteiger partial charge in [0.2, 0.25) is 5.91 Å². The number of carboxylic acids is 1. The lowest BCUT2D eigenvalue weighted by molar-refractivity contribution is -0.140. The van der Waals surface area contributed by atoms with E-state index in [1.807, 2.05) is 48.7 Å². The Kier molecular flexibility index (Phi) is 10.4. The number of thiazole rings is 1. The van der Waals surface area contributed by atoms with Gasteiger partial charge in [0.05, 0.1) is 24.4 Å². The average Bonchev–Trinajstić information content (AvgIpc) is 3.34. The summed E-state index contributed by atoms with van der Waals surface area (Å²) in [4.78, 5) is 35.1. The molecule has 0 aliphatic carbocycles. The second kappa shape index (κ2) is 13.7. The van der Waals surface area contributed by atoms with Crippen LogP contribution in [0.2, 0.25) is 0 Å². The molecule has 0 fully saturated rings. The lowest BCUT2D eigenvalue weighted by Gasteiger charge is -2.23. The molecule has 0 saturated heterocycles. The highest BCUT2D eigenvalue weighted by atomic mass is 32.1. The zero-order valence-corrected chi connectivity index (χ0v) is 22.1. The Balaban J connectivity index is 1.75. The Hall–Kier alpha value is -3.26. The van der Waals surface area contributed by atoms with Gasteiger partial charge in [-0.2, -0.15) is 0 Å². The summed E-state index contributed by atoms with van der Waals surface area (Å²) in [7, 11) is 0. The molecule has 0 aliphatic heterocycles. The highest BCUT2D eigenvalue weighted by Gasteiger charge is 2.27. The van der Waals surface area contributed by atoms with Crippen molar-refractivity contribution in [2.24, 2.45) is 5.92 Å². The van der Waals surface area contributed by atoms with Crippen molar-refractivity contribution < 1.29 is 19.4 Å². The molecule has 1 amide bonds. The lowest BCUT2D eigenvalue weighted by atomic mass is 10.1. The molecule has 1 aromatic carbocycles. The number of carboxylic acid groups (broad SMARTS) is 1. The standard InChI is InChI=1S/C28H35N3O4S/c1-4-5-6-7-8-9-16-35-24-14-12-23(13-15-24)31(27(34)20(2)17-26(32)33)28-30-25(19-36-28)22-11-10-21(3)29-18-22/h10-15,18-20H,4-9,16-17H2,1-3H3,(H,32,33). The molecule has 36 heavy (non-hydrogen) atoms. The van der Waals surface area contributed by atoms with E-state index in [0.29, 0.717) is 23.1 Å². The fourth-order valence-electron chi connectivity index (χ4n) is 3.78. The van der Waals surface area contributed by atoms with Crippen LogP contribution in [0.1, 0.15) is 64.5 Å². The van der Waals surface area contributed by atoms with Crippen molar-refractivity contribution in [2.45, 2.75) is 65.7 Å². The number of unbranched alkanes of at least 4 members (excludes halogenated alkanes) is 5. The third-order valence-electron chi connectivity index (χ3n) is 5.87. The number of benzene rings is 1.